The van der Waals surface area contributed by atoms with Gasteiger partial charge >= 0.3 is 0 Å². The van der Waals surface area contributed by atoms with Crippen molar-refractivity contribution < 1.29 is 4.79 Å². The Labute approximate surface area is 142 Å². The average Bonchev–Trinajstić information content (AvgIpc) is 2.88. The first-order chi connectivity index (χ1) is 10.8. The highest BCUT2D eigenvalue weighted by molar-refractivity contribution is 6.30. The van der Waals surface area contributed by atoms with Gasteiger partial charge in [-0.2, -0.15) is 5.10 Å². The summed E-state index contributed by atoms with van der Waals surface area (Å²) in [5.41, 5.74) is 0.763. The largest absolute Gasteiger partial charge is 0.367 e. The highest BCUT2D eigenvalue weighted by Gasteiger charge is 2.35. The van der Waals surface area contributed by atoms with E-state index in [1.54, 1.807) is 13.1 Å². The molecule has 1 aliphatic heterocycles. The zero-order chi connectivity index (χ0) is 17.2. The van der Waals surface area contributed by atoms with Crippen molar-refractivity contribution in [3.05, 3.63) is 27.9 Å². The minimum absolute atomic E-state index is 0.111. The first kappa shape index (κ1) is 17.6. The molecule has 0 aliphatic carbocycles. The lowest BCUT2D eigenvalue weighted by Gasteiger charge is -2.48. The van der Waals surface area contributed by atoms with Crippen molar-refractivity contribution in [2.45, 2.75) is 39.7 Å². The molecule has 0 unspecified atom stereocenters. The van der Waals surface area contributed by atoms with E-state index in [1.807, 2.05) is 17.9 Å². The first-order valence-electron chi connectivity index (χ1n) is 7.88. The number of carbonyl (C=O) groups is 1. The van der Waals surface area contributed by atoms with E-state index in [0.717, 1.165) is 40.8 Å². The van der Waals surface area contributed by atoms with Gasteiger partial charge in [0, 0.05) is 42.5 Å². The van der Waals surface area contributed by atoms with Crippen LogP contribution >= 0.6 is 11.6 Å². The van der Waals surface area contributed by atoms with Crippen molar-refractivity contribution in [2.24, 2.45) is 0 Å². The zero-order valence-corrected chi connectivity index (χ0v) is 15.1. The number of nitrogens with one attached hydrogen (secondary N) is 1. The number of piperazine rings is 1. The van der Waals surface area contributed by atoms with E-state index in [0.29, 0.717) is 6.54 Å². The SMILES string of the molecule is C=c1[nH]nc/c1=C(/C=C(/Cl)CC)N1CCN(C(C)=O)C(C)(C)C1. The Morgan fingerprint density at radius 2 is 2.22 bits per heavy atom. The molecule has 1 aliphatic rings. The van der Waals surface area contributed by atoms with Gasteiger partial charge in [0.2, 0.25) is 5.91 Å². The number of aromatic nitrogens is 2. The van der Waals surface area contributed by atoms with Crippen LogP contribution in [0.4, 0.5) is 0 Å². The van der Waals surface area contributed by atoms with Crippen LogP contribution in [0.15, 0.2) is 17.3 Å². The second-order valence-corrected chi connectivity index (χ2v) is 6.98. The topological polar surface area (TPSA) is 52.2 Å². The Morgan fingerprint density at radius 3 is 2.70 bits per heavy atom. The van der Waals surface area contributed by atoms with Crippen LogP contribution in [0.2, 0.25) is 0 Å². The monoisotopic (exact) mass is 336 g/mol. The fraction of sp³-hybridized carbons (Fsp3) is 0.529. The highest BCUT2D eigenvalue weighted by atomic mass is 35.5. The van der Waals surface area contributed by atoms with Gasteiger partial charge in [-0.25, -0.2) is 0 Å². The molecule has 2 rings (SSSR count). The summed E-state index contributed by atoms with van der Waals surface area (Å²) >= 11 is 6.30. The maximum atomic E-state index is 11.8. The third-order valence-electron chi connectivity index (χ3n) is 4.25. The molecule has 0 radical (unpaired) electrons. The summed E-state index contributed by atoms with van der Waals surface area (Å²) in [6.45, 7) is 14.0. The first-order valence-corrected chi connectivity index (χ1v) is 8.26. The minimum atomic E-state index is -0.243. The van der Waals surface area contributed by atoms with Gasteiger partial charge in [-0.05, 0) is 26.3 Å². The third kappa shape index (κ3) is 3.78. The van der Waals surface area contributed by atoms with Gasteiger partial charge in [0.1, 0.15) is 0 Å². The summed E-state index contributed by atoms with van der Waals surface area (Å²) in [6, 6.07) is 0. The number of H-pyrrole nitrogens is 1. The minimum Gasteiger partial charge on any atom is -0.367 e. The molecule has 0 atom stereocenters. The lowest BCUT2D eigenvalue weighted by atomic mass is 9.98. The Balaban J connectivity index is 2.47. The zero-order valence-electron chi connectivity index (χ0n) is 14.3. The molecule has 1 saturated heterocycles. The van der Waals surface area contributed by atoms with Crippen molar-refractivity contribution in [3.63, 3.8) is 0 Å². The normalized spacial score (nSPS) is 19.8. The van der Waals surface area contributed by atoms with Crippen molar-refractivity contribution in [3.8, 4) is 0 Å². The summed E-state index contributed by atoms with van der Waals surface area (Å²) in [5, 5.41) is 9.46. The number of aromatic amines is 1. The van der Waals surface area contributed by atoms with Crippen molar-refractivity contribution in [1.29, 1.82) is 0 Å². The predicted octanol–water partition coefficient (Wildman–Crippen LogP) is 1.40. The number of halogens is 1. The fourth-order valence-electron chi connectivity index (χ4n) is 3.07. The molecular weight excluding hydrogens is 312 g/mol. The van der Waals surface area contributed by atoms with Gasteiger partial charge in [0.25, 0.3) is 0 Å². The lowest BCUT2D eigenvalue weighted by Crippen LogP contribution is -2.60. The Kier molecular flexibility index (Phi) is 5.19. The van der Waals surface area contributed by atoms with Crippen LogP contribution in [0.25, 0.3) is 12.3 Å². The summed E-state index contributed by atoms with van der Waals surface area (Å²) in [7, 11) is 0. The molecule has 0 saturated carbocycles. The fourth-order valence-corrected chi connectivity index (χ4v) is 3.17. The van der Waals surface area contributed by atoms with Crippen molar-refractivity contribution in [2.75, 3.05) is 19.6 Å². The smallest absolute Gasteiger partial charge is 0.220 e. The highest BCUT2D eigenvalue weighted by Crippen LogP contribution is 2.25. The molecule has 1 N–H and O–H groups in total. The van der Waals surface area contributed by atoms with E-state index in [-0.39, 0.29) is 11.4 Å². The number of carbonyl (C=O) groups excluding carboxylic acids is 1. The number of hydrogen-bond donors (Lipinski definition) is 1. The van der Waals surface area contributed by atoms with Crippen LogP contribution in [-0.2, 0) is 4.79 Å². The molecule has 1 amide bonds. The number of allylic oxidation sites excluding steroid dienone is 1. The molecule has 1 aromatic heterocycles. The second kappa shape index (κ2) is 6.79. The number of rotatable bonds is 3. The molecule has 1 aromatic rings. The van der Waals surface area contributed by atoms with Crippen molar-refractivity contribution >= 4 is 29.8 Å². The van der Waals surface area contributed by atoms with E-state index >= 15 is 0 Å². The third-order valence-corrected chi connectivity index (χ3v) is 4.62. The van der Waals surface area contributed by atoms with E-state index in [4.69, 9.17) is 11.6 Å². The maximum Gasteiger partial charge on any atom is 0.220 e. The number of amides is 1. The Hall–Kier alpha value is -1.75. The predicted molar refractivity (Wildman–Crippen MR) is 94.0 cm³/mol. The maximum absolute atomic E-state index is 11.8. The molecular formula is C17H25ClN4O. The van der Waals surface area contributed by atoms with Gasteiger partial charge < -0.3 is 9.80 Å². The van der Waals surface area contributed by atoms with Gasteiger partial charge in [0.15, 0.2) is 0 Å². The number of hydrogen-bond acceptors (Lipinski definition) is 3. The van der Waals surface area contributed by atoms with Crippen LogP contribution < -0.4 is 10.6 Å². The van der Waals surface area contributed by atoms with E-state index in [2.05, 4.69) is 35.5 Å². The standard InChI is InChI=1S/C17H25ClN4O/c1-6-14(18)9-16(15-10-19-20-12(15)2)21-7-8-22(13(3)23)17(4,5)11-21/h9-10,20H,2,6-8,11H2,1,3-5H3/b14-9+,16-15+. The van der Waals surface area contributed by atoms with E-state index in [9.17, 15) is 4.79 Å². The molecule has 0 aromatic carbocycles. The second-order valence-electron chi connectivity index (χ2n) is 6.50. The average molecular weight is 337 g/mol. The van der Waals surface area contributed by atoms with Gasteiger partial charge in [-0.3, -0.25) is 9.89 Å². The number of nitrogens with zero attached hydrogens (tertiary/aromatic N) is 3. The summed E-state index contributed by atoms with van der Waals surface area (Å²) in [4.78, 5) is 16.0. The molecule has 5 nitrogen and oxygen atoms in total. The summed E-state index contributed by atoms with van der Waals surface area (Å²) in [5.74, 6) is 0.111. The molecule has 0 spiro atoms. The molecule has 23 heavy (non-hydrogen) atoms. The molecule has 1 fully saturated rings. The van der Waals surface area contributed by atoms with Crippen LogP contribution in [0.5, 0.6) is 0 Å². The van der Waals surface area contributed by atoms with E-state index < -0.39 is 0 Å². The summed E-state index contributed by atoms with van der Waals surface area (Å²) < 4.78 is 0. The molecule has 0 bridgehead atoms. The van der Waals surface area contributed by atoms with Crippen LogP contribution in [0.3, 0.4) is 0 Å². The van der Waals surface area contributed by atoms with Crippen molar-refractivity contribution in [1.82, 2.24) is 20.0 Å². The molecule has 126 valence electrons. The molecule has 6 heteroatoms. The van der Waals surface area contributed by atoms with Crippen LogP contribution in [-0.4, -0.2) is 51.1 Å². The Morgan fingerprint density at radius 1 is 1.52 bits per heavy atom. The van der Waals surface area contributed by atoms with Crippen LogP contribution in [0.1, 0.15) is 34.1 Å². The van der Waals surface area contributed by atoms with Crippen LogP contribution in [0, 0.1) is 0 Å². The summed E-state index contributed by atoms with van der Waals surface area (Å²) in [6.07, 6.45) is 4.53. The quantitative estimate of drug-likeness (QED) is 0.908. The van der Waals surface area contributed by atoms with Gasteiger partial charge in [-0.15, -0.1) is 0 Å². The lowest BCUT2D eigenvalue weighted by molar-refractivity contribution is -0.136. The Bertz CT molecular complexity index is 719. The molecule has 2 heterocycles. The van der Waals surface area contributed by atoms with Gasteiger partial charge in [-0.1, -0.05) is 25.1 Å². The van der Waals surface area contributed by atoms with Gasteiger partial charge in [0.05, 0.1) is 17.1 Å². The van der Waals surface area contributed by atoms with E-state index in [1.165, 1.54) is 0 Å².